The molecule has 0 radical (unpaired) electrons. The van der Waals surface area contributed by atoms with Gasteiger partial charge in [0.15, 0.2) is 6.54 Å². The van der Waals surface area contributed by atoms with E-state index in [0.717, 1.165) is 0 Å². The molecule has 0 unspecified atom stereocenters. The summed E-state index contributed by atoms with van der Waals surface area (Å²) in [6, 6.07) is 0. The highest BCUT2D eigenvalue weighted by atomic mass is 16.2. The molecule has 1 aliphatic heterocycles. The Morgan fingerprint density at radius 2 is 1.92 bits per heavy atom. The first-order valence-corrected chi connectivity index (χ1v) is 3.66. The van der Waals surface area contributed by atoms with Crippen LogP contribution in [0.3, 0.4) is 0 Å². The second-order valence-electron chi connectivity index (χ2n) is 2.74. The largest absolute Gasteiger partial charge is 0.269 e. The van der Waals surface area contributed by atoms with E-state index < -0.39 is 0 Å². The van der Waals surface area contributed by atoms with Crippen LogP contribution in [0.1, 0.15) is 0 Å². The highest BCUT2D eigenvalue weighted by Crippen LogP contribution is 2.01. The van der Waals surface area contributed by atoms with Gasteiger partial charge in [0.1, 0.15) is 13.8 Å². The van der Waals surface area contributed by atoms with Gasteiger partial charge in [-0.2, -0.15) is 0 Å². The van der Waals surface area contributed by atoms with Crippen molar-refractivity contribution in [3.8, 4) is 0 Å². The summed E-state index contributed by atoms with van der Waals surface area (Å²) in [4.78, 5) is 23.1. The van der Waals surface area contributed by atoms with Gasteiger partial charge in [-0.15, -0.1) is 0 Å². The maximum Gasteiger partial charge on any atom is 0.253 e. The van der Waals surface area contributed by atoms with E-state index in [4.69, 9.17) is 0 Å². The molecule has 0 saturated carbocycles. The highest BCUT2D eigenvalue weighted by molar-refractivity contribution is 6.12. The molecular weight excluding hydrogens is 156 g/mol. The van der Waals surface area contributed by atoms with Gasteiger partial charge < -0.3 is 0 Å². The zero-order chi connectivity index (χ0) is 9.14. The first-order valence-electron chi connectivity index (χ1n) is 3.66. The summed E-state index contributed by atoms with van der Waals surface area (Å²) in [5, 5.41) is 0. The summed E-state index contributed by atoms with van der Waals surface area (Å²) in [5.74, 6) is -0.469. The number of hydrogen-bond donors (Lipinski definition) is 0. The second kappa shape index (κ2) is 3.30. The van der Waals surface area contributed by atoms with Crippen molar-refractivity contribution in [3.63, 3.8) is 0 Å². The molecule has 0 aromatic carbocycles. The van der Waals surface area contributed by atoms with Gasteiger partial charge in [-0.1, -0.05) is 0 Å². The van der Waals surface area contributed by atoms with Crippen molar-refractivity contribution in [2.24, 2.45) is 0 Å². The molecule has 0 aromatic heterocycles. The van der Waals surface area contributed by atoms with Gasteiger partial charge in [0.2, 0.25) is 0 Å². The maximum absolute atomic E-state index is 11.0. The Bertz CT molecular complexity index is 250. The zero-order valence-electron chi connectivity index (χ0n) is 6.99. The van der Waals surface area contributed by atoms with E-state index in [9.17, 15) is 9.59 Å². The highest BCUT2D eigenvalue weighted by Gasteiger charge is 2.23. The third kappa shape index (κ3) is 1.78. The lowest BCUT2D eigenvalue weighted by molar-refractivity contribution is -0.487. The fourth-order valence-corrected chi connectivity index (χ4v) is 0.922. The number of rotatable bonds is 3. The van der Waals surface area contributed by atoms with Crippen LogP contribution in [-0.4, -0.2) is 48.1 Å². The molecular formula is C8H11N2O2+. The van der Waals surface area contributed by atoms with Crippen molar-refractivity contribution in [1.29, 1.82) is 0 Å². The summed E-state index contributed by atoms with van der Waals surface area (Å²) < 4.78 is 1.68. The quantitative estimate of drug-likeness (QED) is 0.315. The van der Waals surface area contributed by atoms with Gasteiger partial charge in [0.05, 0.1) is 6.54 Å². The lowest BCUT2D eigenvalue weighted by atomic mass is 10.5. The summed E-state index contributed by atoms with van der Waals surface area (Å²) >= 11 is 0. The van der Waals surface area contributed by atoms with Crippen molar-refractivity contribution in [2.75, 3.05) is 20.1 Å². The van der Waals surface area contributed by atoms with E-state index in [2.05, 4.69) is 6.72 Å². The predicted molar refractivity (Wildman–Crippen MR) is 44.0 cm³/mol. The monoisotopic (exact) mass is 167 g/mol. The minimum absolute atomic E-state index is 0.234. The topological polar surface area (TPSA) is 40.4 Å². The van der Waals surface area contributed by atoms with Crippen LogP contribution in [0.4, 0.5) is 0 Å². The molecule has 4 nitrogen and oxygen atoms in total. The van der Waals surface area contributed by atoms with Crippen LogP contribution in [-0.2, 0) is 9.59 Å². The fourth-order valence-electron chi connectivity index (χ4n) is 0.922. The summed E-state index contributed by atoms with van der Waals surface area (Å²) in [6.07, 6.45) is 2.57. The van der Waals surface area contributed by atoms with E-state index in [1.165, 1.54) is 17.1 Å². The lowest BCUT2D eigenvalue weighted by Crippen LogP contribution is -2.34. The Balaban J connectivity index is 2.48. The number of nitrogens with zero attached hydrogens (tertiary/aromatic N) is 2. The normalized spacial score (nSPS) is 15.9. The van der Waals surface area contributed by atoms with E-state index in [-0.39, 0.29) is 11.8 Å². The second-order valence-corrected chi connectivity index (χ2v) is 2.74. The molecule has 0 saturated heterocycles. The van der Waals surface area contributed by atoms with Crippen LogP contribution in [0, 0.1) is 0 Å². The molecule has 0 atom stereocenters. The van der Waals surface area contributed by atoms with Crippen molar-refractivity contribution in [2.45, 2.75) is 0 Å². The Hall–Kier alpha value is -1.45. The standard InChI is InChI=1S/C8H11N2O2/c1-9(2)5-6-10-7(11)3-4-8(10)12/h3-4H,1,5-6H2,2H3/q+1. The van der Waals surface area contributed by atoms with Crippen molar-refractivity contribution >= 4 is 18.5 Å². The number of likely N-dealkylation sites (N-methyl/N-ethyl adjacent to an activating group) is 1. The minimum atomic E-state index is -0.234. The van der Waals surface area contributed by atoms with E-state index in [1.807, 2.05) is 0 Å². The van der Waals surface area contributed by atoms with Crippen LogP contribution >= 0.6 is 0 Å². The zero-order valence-corrected chi connectivity index (χ0v) is 6.99. The average Bonchev–Trinajstić information content (AvgIpc) is 2.28. The van der Waals surface area contributed by atoms with Crippen molar-refractivity contribution < 1.29 is 14.2 Å². The van der Waals surface area contributed by atoms with Crippen LogP contribution in [0.25, 0.3) is 0 Å². The molecule has 0 fully saturated rings. The number of carbonyl (C=O) groups excluding carboxylic acids is 2. The first-order chi connectivity index (χ1) is 5.61. The maximum atomic E-state index is 11.0. The molecule has 0 aromatic rings. The Morgan fingerprint density at radius 1 is 1.42 bits per heavy atom. The van der Waals surface area contributed by atoms with E-state index in [1.54, 1.807) is 11.6 Å². The Kier molecular flexibility index (Phi) is 2.38. The third-order valence-electron chi connectivity index (χ3n) is 1.61. The average molecular weight is 167 g/mol. The van der Waals surface area contributed by atoms with Gasteiger partial charge in [-0.25, -0.2) is 4.58 Å². The minimum Gasteiger partial charge on any atom is -0.269 e. The van der Waals surface area contributed by atoms with Gasteiger partial charge in [-0.3, -0.25) is 14.5 Å². The molecule has 0 aliphatic carbocycles. The van der Waals surface area contributed by atoms with Gasteiger partial charge in [0, 0.05) is 12.2 Å². The van der Waals surface area contributed by atoms with Crippen molar-refractivity contribution in [1.82, 2.24) is 4.90 Å². The smallest absolute Gasteiger partial charge is 0.253 e. The molecule has 0 N–H and O–H groups in total. The number of amides is 2. The van der Waals surface area contributed by atoms with E-state index >= 15 is 0 Å². The first kappa shape index (κ1) is 8.64. The number of imide groups is 1. The van der Waals surface area contributed by atoms with Crippen LogP contribution < -0.4 is 0 Å². The van der Waals surface area contributed by atoms with Gasteiger partial charge in [0.25, 0.3) is 11.8 Å². The molecule has 0 spiro atoms. The Labute approximate surface area is 70.8 Å². The lowest BCUT2D eigenvalue weighted by Gasteiger charge is -2.10. The van der Waals surface area contributed by atoms with Crippen LogP contribution in [0.5, 0.6) is 0 Å². The molecule has 1 aliphatic rings. The SMILES string of the molecule is C=[N+](C)CCN1C(=O)C=CC1=O. The van der Waals surface area contributed by atoms with Crippen LogP contribution in [0.2, 0.25) is 0 Å². The molecule has 1 rings (SSSR count). The predicted octanol–water partition coefficient (Wildman–Crippen LogP) is -0.746. The molecule has 64 valence electrons. The summed E-state index contributed by atoms with van der Waals surface area (Å²) in [7, 11) is 1.79. The third-order valence-corrected chi connectivity index (χ3v) is 1.61. The van der Waals surface area contributed by atoms with Crippen LogP contribution in [0.15, 0.2) is 12.2 Å². The fraction of sp³-hybridized carbons (Fsp3) is 0.375. The molecule has 4 heteroatoms. The number of carbonyl (C=O) groups is 2. The Morgan fingerprint density at radius 3 is 2.33 bits per heavy atom. The molecule has 1 heterocycles. The van der Waals surface area contributed by atoms with Gasteiger partial charge >= 0.3 is 0 Å². The van der Waals surface area contributed by atoms with Gasteiger partial charge in [-0.05, 0) is 0 Å². The molecule has 12 heavy (non-hydrogen) atoms. The summed E-state index contributed by atoms with van der Waals surface area (Å²) in [6.45, 7) is 4.62. The molecule has 2 amide bonds. The number of hydrogen-bond acceptors (Lipinski definition) is 2. The van der Waals surface area contributed by atoms with E-state index in [0.29, 0.717) is 13.1 Å². The summed E-state index contributed by atoms with van der Waals surface area (Å²) in [5.41, 5.74) is 0. The van der Waals surface area contributed by atoms with Crippen molar-refractivity contribution in [3.05, 3.63) is 12.2 Å². The molecule has 0 bridgehead atoms.